The number of hydrogen-bond acceptors (Lipinski definition) is 4. The molecule has 98 valence electrons. The van der Waals surface area contributed by atoms with Crippen molar-refractivity contribution >= 4 is 5.91 Å². The quantitative estimate of drug-likeness (QED) is 0.840. The molecule has 1 fully saturated rings. The van der Waals surface area contributed by atoms with Crippen LogP contribution >= 0.6 is 0 Å². The van der Waals surface area contributed by atoms with E-state index in [2.05, 4.69) is 10.3 Å². The number of nitrogens with two attached hydrogens (primary N) is 1. The van der Waals surface area contributed by atoms with Crippen LogP contribution in [-0.2, 0) is 0 Å². The number of nitrogens with zero attached hydrogens (tertiary/aromatic N) is 1. The number of nitrogens with one attached hydrogen (secondary N) is 1. The summed E-state index contributed by atoms with van der Waals surface area (Å²) in [7, 11) is 1.51. The van der Waals surface area contributed by atoms with Crippen LogP contribution in [0.5, 0.6) is 5.88 Å². The van der Waals surface area contributed by atoms with E-state index in [9.17, 15) is 4.79 Å². The summed E-state index contributed by atoms with van der Waals surface area (Å²) in [5.41, 5.74) is 6.47. The number of carbonyl (C=O) groups is 1. The van der Waals surface area contributed by atoms with Crippen LogP contribution in [0.15, 0.2) is 18.3 Å². The summed E-state index contributed by atoms with van der Waals surface area (Å²) in [5.74, 6) is 0.182. The maximum atomic E-state index is 12.2. The van der Waals surface area contributed by atoms with Gasteiger partial charge in [0, 0.05) is 18.3 Å². The standard InChI is InChI=1S/C13H19N3O2/c1-18-13-9(5-4-8-15-13)12(17)16-11-7-3-2-6-10(11)14/h4-5,8,10-11H,2-3,6-7,14H2,1H3,(H,16,17). The lowest BCUT2D eigenvalue weighted by Crippen LogP contribution is -2.49. The van der Waals surface area contributed by atoms with Gasteiger partial charge in [0.1, 0.15) is 5.56 Å². The highest BCUT2D eigenvalue weighted by Gasteiger charge is 2.24. The third-order valence-corrected chi connectivity index (χ3v) is 3.35. The van der Waals surface area contributed by atoms with Crippen LogP contribution in [0, 0.1) is 0 Å². The Morgan fingerprint density at radius 3 is 3.00 bits per heavy atom. The molecule has 0 bridgehead atoms. The second-order valence-electron chi connectivity index (χ2n) is 4.59. The largest absolute Gasteiger partial charge is 0.480 e. The van der Waals surface area contributed by atoms with Crippen molar-refractivity contribution in [2.45, 2.75) is 37.8 Å². The smallest absolute Gasteiger partial charge is 0.257 e. The summed E-state index contributed by atoms with van der Waals surface area (Å²) < 4.78 is 5.08. The maximum Gasteiger partial charge on any atom is 0.257 e. The minimum atomic E-state index is -0.165. The van der Waals surface area contributed by atoms with Crippen LogP contribution in [0.2, 0.25) is 0 Å². The number of methoxy groups -OCH3 is 1. The lowest BCUT2D eigenvalue weighted by molar-refractivity contribution is 0.0917. The summed E-state index contributed by atoms with van der Waals surface area (Å²) >= 11 is 0. The van der Waals surface area contributed by atoms with Gasteiger partial charge in [-0.1, -0.05) is 12.8 Å². The molecule has 1 heterocycles. The van der Waals surface area contributed by atoms with Gasteiger partial charge in [0.25, 0.3) is 5.91 Å². The molecule has 1 aliphatic rings. The van der Waals surface area contributed by atoms with Gasteiger partial charge in [-0.2, -0.15) is 0 Å². The van der Waals surface area contributed by atoms with Gasteiger partial charge in [0.15, 0.2) is 0 Å². The first kappa shape index (κ1) is 12.8. The number of pyridine rings is 1. The molecule has 2 rings (SSSR count). The number of aromatic nitrogens is 1. The Bertz CT molecular complexity index is 422. The second kappa shape index (κ2) is 5.82. The van der Waals surface area contributed by atoms with E-state index < -0.39 is 0 Å². The highest BCUT2D eigenvalue weighted by Crippen LogP contribution is 2.19. The minimum Gasteiger partial charge on any atom is -0.480 e. The third-order valence-electron chi connectivity index (χ3n) is 3.35. The van der Waals surface area contributed by atoms with Crippen molar-refractivity contribution < 1.29 is 9.53 Å². The van der Waals surface area contributed by atoms with Crippen LogP contribution < -0.4 is 15.8 Å². The molecule has 5 nitrogen and oxygen atoms in total. The van der Waals surface area contributed by atoms with E-state index in [4.69, 9.17) is 10.5 Å². The Morgan fingerprint density at radius 1 is 1.50 bits per heavy atom. The average Bonchev–Trinajstić information content (AvgIpc) is 2.41. The van der Waals surface area contributed by atoms with Crippen molar-refractivity contribution in [3.8, 4) is 5.88 Å². The lowest BCUT2D eigenvalue weighted by Gasteiger charge is -2.29. The van der Waals surface area contributed by atoms with E-state index in [0.717, 1.165) is 25.7 Å². The van der Waals surface area contributed by atoms with Crippen LogP contribution in [-0.4, -0.2) is 30.1 Å². The van der Waals surface area contributed by atoms with Crippen molar-refractivity contribution in [3.63, 3.8) is 0 Å². The van der Waals surface area contributed by atoms with Crippen molar-refractivity contribution in [2.75, 3.05) is 7.11 Å². The first-order valence-corrected chi connectivity index (χ1v) is 6.28. The molecule has 0 radical (unpaired) electrons. The van der Waals surface area contributed by atoms with Gasteiger partial charge in [-0.05, 0) is 25.0 Å². The Kier molecular flexibility index (Phi) is 4.15. The zero-order valence-corrected chi connectivity index (χ0v) is 10.6. The highest BCUT2D eigenvalue weighted by atomic mass is 16.5. The van der Waals surface area contributed by atoms with Crippen LogP contribution in [0.25, 0.3) is 0 Å². The van der Waals surface area contributed by atoms with Gasteiger partial charge >= 0.3 is 0 Å². The van der Waals surface area contributed by atoms with Crippen LogP contribution in [0.3, 0.4) is 0 Å². The van der Waals surface area contributed by atoms with Gasteiger partial charge in [0.05, 0.1) is 7.11 Å². The molecule has 1 aliphatic carbocycles. The summed E-state index contributed by atoms with van der Waals surface area (Å²) in [4.78, 5) is 16.2. The first-order chi connectivity index (χ1) is 8.72. The van der Waals surface area contributed by atoms with E-state index in [0.29, 0.717) is 11.4 Å². The number of carbonyl (C=O) groups excluding carboxylic acids is 1. The maximum absolute atomic E-state index is 12.2. The zero-order chi connectivity index (χ0) is 13.0. The van der Waals surface area contributed by atoms with Gasteiger partial charge in [-0.3, -0.25) is 4.79 Å². The molecule has 2 unspecified atom stereocenters. The minimum absolute atomic E-state index is 0.0466. The Morgan fingerprint density at radius 2 is 2.28 bits per heavy atom. The predicted molar refractivity (Wildman–Crippen MR) is 68.5 cm³/mol. The molecule has 18 heavy (non-hydrogen) atoms. The molecular formula is C13H19N3O2. The monoisotopic (exact) mass is 249 g/mol. The van der Waals surface area contributed by atoms with E-state index in [1.807, 2.05) is 0 Å². The van der Waals surface area contributed by atoms with E-state index >= 15 is 0 Å². The molecule has 1 saturated carbocycles. The molecule has 5 heteroatoms. The summed E-state index contributed by atoms with van der Waals surface area (Å²) in [5, 5.41) is 2.98. The molecule has 2 atom stereocenters. The molecule has 1 amide bonds. The fraction of sp³-hybridized carbons (Fsp3) is 0.538. The average molecular weight is 249 g/mol. The third kappa shape index (κ3) is 2.79. The van der Waals surface area contributed by atoms with Crippen molar-refractivity contribution in [1.29, 1.82) is 0 Å². The Hall–Kier alpha value is -1.62. The molecule has 3 N–H and O–H groups in total. The predicted octanol–water partition coefficient (Wildman–Crippen LogP) is 1.09. The number of rotatable bonds is 3. The normalized spacial score (nSPS) is 23.4. The molecule has 0 saturated heterocycles. The van der Waals surface area contributed by atoms with E-state index in [1.54, 1.807) is 18.3 Å². The van der Waals surface area contributed by atoms with Gasteiger partial charge < -0.3 is 15.8 Å². The summed E-state index contributed by atoms with van der Waals surface area (Å²) in [6, 6.07) is 3.52. The fourth-order valence-corrected chi connectivity index (χ4v) is 2.31. The van der Waals surface area contributed by atoms with Crippen molar-refractivity contribution in [2.24, 2.45) is 5.73 Å². The van der Waals surface area contributed by atoms with Crippen LogP contribution in [0.1, 0.15) is 36.0 Å². The summed E-state index contributed by atoms with van der Waals surface area (Å²) in [6.45, 7) is 0. The van der Waals surface area contributed by atoms with Crippen molar-refractivity contribution in [3.05, 3.63) is 23.9 Å². The van der Waals surface area contributed by atoms with Gasteiger partial charge in [-0.25, -0.2) is 4.98 Å². The molecule has 0 aliphatic heterocycles. The molecule has 1 aromatic heterocycles. The Balaban J connectivity index is 2.07. The van der Waals surface area contributed by atoms with Crippen LogP contribution in [0.4, 0.5) is 0 Å². The summed E-state index contributed by atoms with van der Waals surface area (Å²) in [6.07, 6.45) is 5.76. The SMILES string of the molecule is COc1ncccc1C(=O)NC1CCCCC1N. The van der Waals surface area contributed by atoms with E-state index in [-0.39, 0.29) is 18.0 Å². The zero-order valence-electron chi connectivity index (χ0n) is 10.6. The second-order valence-corrected chi connectivity index (χ2v) is 4.59. The van der Waals surface area contributed by atoms with Gasteiger partial charge in [-0.15, -0.1) is 0 Å². The Labute approximate surface area is 107 Å². The molecule has 0 spiro atoms. The molecule has 1 aromatic rings. The molecular weight excluding hydrogens is 230 g/mol. The topological polar surface area (TPSA) is 77.2 Å². The number of ether oxygens (including phenoxy) is 1. The van der Waals surface area contributed by atoms with Crippen molar-refractivity contribution in [1.82, 2.24) is 10.3 Å². The number of amides is 1. The fourth-order valence-electron chi connectivity index (χ4n) is 2.31. The van der Waals surface area contributed by atoms with Gasteiger partial charge in [0.2, 0.25) is 5.88 Å². The highest BCUT2D eigenvalue weighted by molar-refractivity contribution is 5.96. The number of hydrogen-bond donors (Lipinski definition) is 2. The molecule has 0 aromatic carbocycles. The first-order valence-electron chi connectivity index (χ1n) is 6.28. The van der Waals surface area contributed by atoms with E-state index in [1.165, 1.54) is 7.11 Å². The lowest BCUT2D eigenvalue weighted by atomic mass is 9.91.